The van der Waals surface area contributed by atoms with Crippen molar-refractivity contribution < 1.29 is 23.5 Å². The first-order chi connectivity index (χ1) is 18.7. The maximum Gasteiger partial charge on any atom is 0.284 e. The number of hydrogen-bond donors (Lipinski definition) is 3. The van der Waals surface area contributed by atoms with Gasteiger partial charge in [0.15, 0.2) is 5.76 Å². The summed E-state index contributed by atoms with van der Waals surface area (Å²) in [5, 5.41) is 20.0. The highest BCUT2D eigenvalue weighted by Crippen LogP contribution is 2.43. The van der Waals surface area contributed by atoms with E-state index < -0.39 is 41.0 Å². The first kappa shape index (κ1) is 30.2. The first-order valence-corrected chi connectivity index (χ1v) is 12.8. The van der Waals surface area contributed by atoms with Crippen molar-refractivity contribution in [3.63, 3.8) is 0 Å². The molecule has 2 aromatic rings. The number of aryl methyl sites for hydroxylation is 1. The molecular weight excluding hydrogens is 539 g/mol. The Morgan fingerprint density at radius 1 is 1.32 bits per heavy atom. The summed E-state index contributed by atoms with van der Waals surface area (Å²) in [7, 11) is 0. The predicted molar refractivity (Wildman–Crippen MR) is 146 cm³/mol. The number of nitrogens with two attached hydrogens (primary N) is 1. The van der Waals surface area contributed by atoms with Crippen molar-refractivity contribution in [3.05, 3.63) is 70.0 Å². The molecule has 1 aliphatic rings. The number of nitriles is 1. The zero-order valence-corrected chi connectivity index (χ0v) is 23.3. The van der Waals surface area contributed by atoms with Crippen LogP contribution < -0.4 is 15.8 Å². The van der Waals surface area contributed by atoms with Crippen LogP contribution in [0.2, 0.25) is 5.02 Å². The number of primary amides is 1. The van der Waals surface area contributed by atoms with E-state index in [1.807, 2.05) is 0 Å². The van der Waals surface area contributed by atoms with Crippen molar-refractivity contribution >= 4 is 35.0 Å². The van der Waals surface area contributed by atoms with Crippen LogP contribution in [0.25, 0.3) is 0 Å². The molecule has 40 heavy (non-hydrogen) atoms. The molecule has 1 aliphatic heterocycles. The molecule has 3 rings (SSSR count). The smallest absolute Gasteiger partial charge is 0.284 e. The number of pyridine rings is 1. The lowest BCUT2D eigenvalue weighted by Gasteiger charge is -2.36. The number of hydrogen-bond acceptors (Lipinski definition) is 7. The summed E-state index contributed by atoms with van der Waals surface area (Å²) in [5.74, 6) is -2.58. The number of allylic oxidation sites excluding steroid dienone is 1. The van der Waals surface area contributed by atoms with Crippen LogP contribution in [0.4, 0.5) is 4.39 Å². The maximum absolute atomic E-state index is 14.1. The second kappa shape index (κ2) is 12.3. The molecule has 0 saturated carbocycles. The van der Waals surface area contributed by atoms with E-state index in [2.05, 4.69) is 16.4 Å². The van der Waals surface area contributed by atoms with E-state index >= 15 is 0 Å². The minimum Gasteiger partial charge on any atom is -0.450 e. The van der Waals surface area contributed by atoms with Gasteiger partial charge in [0.1, 0.15) is 17.3 Å². The summed E-state index contributed by atoms with van der Waals surface area (Å²) in [6.07, 6.45) is 2.18. The number of amides is 3. The maximum atomic E-state index is 14.1. The van der Waals surface area contributed by atoms with Gasteiger partial charge in [-0.3, -0.25) is 14.4 Å². The molecule has 1 saturated heterocycles. The quantitative estimate of drug-likeness (QED) is 0.235. The number of likely N-dealkylation sites (tertiary alicyclic amines) is 1. The summed E-state index contributed by atoms with van der Waals surface area (Å²) in [5.41, 5.74) is 5.23. The summed E-state index contributed by atoms with van der Waals surface area (Å²) >= 11 is 6.07. The Bertz CT molecular complexity index is 1410. The molecule has 2 atom stereocenters. The Labute approximate surface area is 236 Å². The molecule has 0 radical (unpaired) electrons. The van der Waals surface area contributed by atoms with E-state index in [9.17, 15) is 24.0 Å². The van der Waals surface area contributed by atoms with E-state index in [-0.39, 0.29) is 40.2 Å². The van der Waals surface area contributed by atoms with Gasteiger partial charge in [0.2, 0.25) is 5.91 Å². The number of nitrogens with one attached hydrogen (secondary N) is 2. The number of halogens is 2. The summed E-state index contributed by atoms with van der Waals surface area (Å²) in [6, 6.07) is 8.11. The molecule has 3 amide bonds. The van der Waals surface area contributed by atoms with Crippen LogP contribution in [0.3, 0.4) is 0 Å². The highest BCUT2D eigenvalue weighted by atomic mass is 35.5. The fourth-order valence-corrected chi connectivity index (χ4v) is 4.85. The molecule has 12 heteroatoms. The fraction of sp³-hybridized carbons (Fsp3) is 0.357. The minimum atomic E-state index is -0.894. The molecule has 10 nitrogen and oxygen atoms in total. The van der Waals surface area contributed by atoms with Crippen LogP contribution in [-0.4, -0.2) is 45.9 Å². The summed E-state index contributed by atoms with van der Waals surface area (Å²) in [4.78, 5) is 43.7. The Hall–Kier alpha value is -4.30. The number of benzene rings is 1. The van der Waals surface area contributed by atoms with Crippen LogP contribution in [0.5, 0.6) is 5.75 Å². The third kappa shape index (κ3) is 7.01. The van der Waals surface area contributed by atoms with Gasteiger partial charge in [-0.05, 0) is 76.4 Å². The molecule has 0 aliphatic carbocycles. The van der Waals surface area contributed by atoms with Gasteiger partial charge < -0.3 is 26.1 Å². The van der Waals surface area contributed by atoms with E-state index in [0.29, 0.717) is 18.4 Å². The Morgan fingerprint density at radius 2 is 2.02 bits per heavy atom. The monoisotopic (exact) mass is 568 g/mol. The van der Waals surface area contributed by atoms with Gasteiger partial charge in [-0.2, -0.15) is 5.26 Å². The Kier molecular flexibility index (Phi) is 9.27. The standard InChI is InChI=1S/C28H30ClFN6O4/c1-15(32)9-23(26(33)38)40-22-7-5-20(35-16(22)2)27(39)34-13-25(37)36-21(6-8-24(36)28(3,4)14-31)17-10-18(29)12-19(30)11-17/h5,7,9-12,21,24,32H,6,8,13H2,1-4H3,(H2,33,38)(H,34,39)/b23-9+,32-15?. The number of carbonyl (C=O) groups is 3. The lowest BCUT2D eigenvalue weighted by Crippen LogP contribution is -2.48. The third-order valence-corrected chi connectivity index (χ3v) is 6.76. The van der Waals surface area contributed by atoms with Crippen molar-refractivity contribution in [1.82, 2.24) is 15.2 Å². The molecule has 2 unspecified atom stereocenters. The average Bonchev–Trinajstić information content (AvgIpc) is 3.33. The molecular formula is C28H30ClFN6O4. The van der Waals surface area contributed by atoms with Crippen LogP contribution in [0.1, 0.15) is 61.4 Å². The number of ether oxygens (including phenoxy) is 1. The molecule has 2 heterocycles. The Balaban J connectivity index is 1.79. The van der Waals surface area contributed by atoms with Crippen molar-refractivity contribution in [3.8, 4) is 11.8 Å². The Morgan fingerprint density at radius 3 is 2.60 bits per heavy atom. The highest BCUT2D eigenvalue weighted by Gasteiger charge is 2.45. The SMILES string of the molecule is CC(=N)/C=C(/Oc1ccc(C(=O)NCC(=O)N2C(c3cc(F)cc(Cl)c3)CCC2C(C)(C)C#N)nc1C)C(N)=O. The lowest BCUT2D eigenvalue weighted by atomic mass is 9.84. The van der Waals surface area contributed by atoms with Crippen LogP contribution in [0.15, 0.2) is 42.2 Å². The normalized spacial score (nSPS) is 17.2. The van der Waals surface area contributed by atoms with Crippen molar-refractivity contribution in [2.75, 3.05) is 6.54 Å². The van der Waals surface area contributed by atoms with Gasteiger partial charge in [0.05, 0.1) is 35.8 Å². The van der Waals surface area contributed by atoms with E-state index in [1.165, 1.54) is 36.1 Å². The zero-order chi connectivity index (χ0) is 29.8. The van der Waals surface area contributed by atoms with Gasteiger partial charge in [0.25, 0.3) is 11.8 Å². The largest absolute Gasteiger partial charge is 0.450 e. The van der Waals surface area contributed by atoms with E-state index in [1.54, 1.807) is 26.8 Å². The van der Waals surface area contributed by atoms with Gasteiger partial charge in [0, 0.05) is 16.8 Å². The summed E-state index contributed by atoms with van der Waals surface area (Å²) in [6.45, 7) is 6.09. The predicted octanol–water partition coefficient (Wildman–Crippen LogP) is 3.98. The molecule has 1 fully saturated rings. The molecule has 1 aromatic heterocycles. The minimum absolute atomic E-state index is 0.00530. The van der Waals surface area contributed by atoms with Crippen LogP contribution >= 0.6 is 11.6 Å². The van der Waals surface area contributed by atoms with Crippen LogP contribution in [-0.2, 0) is 9.59 Å². The zero-order valence-electron chi connectivity index (χ0n) is 22.5. The first-order valence-electron chi connectivity index (χ1n) is 12.4. The van der Waals surface area contributed by atoms with Gasteiger partial charge in [-0.1, -0.05) is 11.6 Å². The molecule has 210 valence electrons. The highest BCUT2D eigenvalue weighted by molar-refractivity contribution is 6.30. The fourth-order valence-electron chi connectivity index (χ4n) is 4.62. The molecule has 0 spiro atoms. The number of aromatic nitrogens is 1. The van der Waals surface area contributed by atoms with Crippen molar-refractivity contribution in [2.24, 2.45) is 11.1 Å². The average molecular weight is 569 g/mol. The molecule has 0 bridgehead atoms. The molecule has 4 N–H and O–H groups in total. The lowest BCUT2D eigenvalue weighted by molar-refractivity contribution is -0.134. The number of carbonyl (C=O) groups excluding carboxylic acids is 3. The van der Waals surface area contributed by atoms with Crippen molar-refractivity contribution in [2.45, 2.75) is 52.6 Å². The topological polar surface area (TPSA) is 162 Å². The second-order valence-corrected chi connectivity index (χ2v) is 10.5. The van der Waals surface area contributed by atoms with E-state index in [4.69, 9.17) is 27.5 Å². The van der Waals surface area contributed by atoms with E-state index in [0.717, 1.165) is 6.08 Å². The molecule has 1 aromatic carbocycles. The van der Waals surface area contributed by atoms with Gasteiger partial charge >= 0.3 is 0 Å². The van der Waals surface area contributed by atoms with Gasteiger partial charge in [-0.15, -0.1) is 0 Å². The van der Waals surface area contributed by atoms with Crippen molar-refractivity contribution in [1.29, 1.82) is 10.7 Å². The van der Waals surface area contributed by atoms with Gasteiger partial charge in [-0.25, -0.2) is 9.37 Å². The second-order valence-electron chi connectivity index (χ2n) is 10.1. The third-order valence-electron chi connectivity index (χ3n) is 6.54. The van der Waals surface area contributed by atoms with Crippen LogP contribution in [0, 0.1) is 34.9 Å². The summed E-state index contributed by atoms with van der Waals surface area (Å²) < 4.78 is 19.6. The number of rotatable bonds is 9. The number of nitrogens with zero attached hydrogens (tertiary/aromatic N) is 3.